The number of hydrogen-bond acceptors (Lipinski definition) is 5. The summed E-state index contributed by atoms with van der Waals surface area (Å²) in [6.45, 7) is 6.43. The molecule has 2 aliphatic rings. The van der Waals surface area contributed by atoms with Gasteiger partial charge in [-0.15, -0.1) is 0 Å². The van der Waals surface area contributed by atoms with Crippen molar-refractivity contribution in [1.29, 1.82) is 0 Å². The average Bonchev–Trinajstić information content (AvgIpc) is 3.45. The number of aliphatic imine (C=N–C) groups is 1. The van der Waals surface area contributed by atoms with Crippen LogP contribution in [0.1, 0.15) is 31.4 Å². The zero-order chi connectivity index (χ0) is 18.6. The topological polar surface area (TPSA) is 77.3 Å². The fourth-order valence-corrected chi connectivity index (χ4v) is 3.25. The largest absolute Gasteiger partial charge is 0.469 e. The molecule has 3 heterocycles. The minimum atomic E-state index is 0.298. The van der Waals surface area contributed by atoms with Gasteiger partial charge in [-0.2, -0.15) is 0 Å². The van der Waals surface area contributed by atoms with Crippen LogP contribution in [-0.4, -0.2) is 64.7 Å². The maximum absolute atomic E-state index is 5.72. The molecule has 7 nitrogen and oxygen atoms in total. The first kappa shape index (κ1) is 20.2. The summed E-state index contributed by atoms with van der Waals surface area (Å²) in [7, 11) is 0. The summed E-state index contributed by atoms with van der Waals surface area (Å²) in [6.07, 6.45) is 7.17. The van der Waals surface area contributed by atoms with Crippen LogP contribution < -0.4 is 10.6 Å². The number of guanidine groups is 1. The van der Waals surface area contributed by atoms with Gasteiger partial charge in [0.25, 0.3) is 0 Å². The molecule has 2 aliphatic heterocycles. The van der Waals surface area contributed by atoms with E-state index in [2.05, 4.69) is 10.6 Å². The molecule has 0 amide bonds. The van der Waals surface area contributed by atoms with E-state index in [4.69, 9.17) is 23.6 Å². The molecule has 2 N–H and O–H groups in total. The summed E-state index contributed by atoms with van der Waals surface area (Å²) in [4.78, 5) is 4.73. The Bertz CT molecular complexity index is 523. The van der Waals surface area contributed by atoms with Crippen LogP contribution in [0.4, 0.5) is 0 Å². The van der Waals surface area contributed by atoms with Crippen LogP contribution in [0, 0.1) is 5.92 Å². The van der Waals surface area contributed by atoms with E-state index in [0.29, 0.717) is 18.6 Å². The first-order valence-electron chi connectivity index (χ1n) is 10.2. The summed E-state index contributed by atoms with van der Waals surface area (Å²) in [5, 5.41) is 6.80. The molecule has 27 heavy (non-hydrogen) atoms. The highest BCUT2D eigenvalue weighted by atomic mass is 16.5. The maximum atomic E-state index is 5.72. The Hall–Kier alpha value is -1.57. The lowest BCUT2D eigenvalue weighted by Gasteiger charge is -2.14. The number of furan rings is 1. The molecule has 0 bridgehead atoms. The molecule has 0 radical (unpaired) electrons. The molecule has 0 spiro atoms. The fraction of sp³-hybridized carbons (Fsp3) is 0.750. The number of rotatable bonds is 11. The highest BCUT2D eigenvalue weighted by Gasteiger charge is 2.16. The van der Waals surface area contributed by atoms with Gasteiger partial charge in [-0.05, 0) is 37.8 Å². The summed E-state index contributed by atoms with van der Waals surface area (Å²) in [5.74, 6) is 2.37. The molecule has 1 aromatic rings. The molecule has 0 aliphatic carbocycles. The van der Waals surface area contributed by atoms with Crippen LogP contribution in [-0.2, 0) is 20.6 Å². The van der Waals surface area contributed by atoms with Gasteiger partial charge in [0.1, 0.15) is 5.76 Å². The Labute approximate surface area is 161 Å². The number of hydrogen-bond donors (Lipinski definition) is 2. The third-order valence-corrected chi connectivity index (χ3v) is 4.86. The molecule has 2 atom stereocenters. The Morgan fingerprint density at radius 1 is 1.22 bits per heavy atom. The average molecular weight is 380 g/mol. The van der Waals surface area contributed by atoms with Crippen molar-refractivity contribution in [3.05, 3.63) is 24.2 Å². The van der Waals surface area contributed by atoms with E-state index in [1.54, 1.807) is 6.26 Å². The lowest BCUT2D eigenvalue weighted by Crippen LogP contribution is -2.39. The zero-order valence-corrected chi connectivity index (χ0v) is 16.2. The lowest BCUT2D eigenvalue weighted by atomic mass is 10.1. The third kappa shape index (κ3) is 7.91. The highest BCUT2D eigenvalue weighted by Crippen LogP contribution is 2.12. The molecule has 2 saturated heterocycles. The predicted molar refractivity (Wildman–Crippen MR) is 104 cm³/mol. The smallest absolute Gasteiger partial charge is 0.191 e. The summed E-state index contributed by atoms with van der Waals surface area (Å²) in [6, 6.07) is 3.91. The molecule has 2 fully saturated rings. The van der Waals surface area contributed by atoms with Gasteiger partial charge in [0.05, 0.1) is 25.6 Å². The number of nitrogens with zero attached hydrogens (tertiary/aromatic N) is 1. The van der Waals surface area contributed by atoms with Crippen LogP contribution in [0.5, 0.6) is 0 Å². The van der Waals surface area contributed by atoms with Crippen LogP contribution >= 0.6 is 0 Å². The first-order valence-corrected chi connectivity index (χ1v) is 10.2. The van der Waals surface area contributed by atoms with Gasteiger partial charge >= 0.3 is 0 Å². The normalized spacial score (nSPS) is 23.0. The second-order valence-corrected chi connectivity index (χ2v) is 7.17. The van der Waals surface area contributed by atoms with Gasteiger partial charge in [-0.1, -0.05) is 0 Å². The molecule has 7 heteroatoms. The minimum absolute atomic E-state index is 0.298. The van der Waals surface area contributed by atoms with E-state index < -0.39 is 0 Å². The number of nitrogens with one attached hydrogen (secondary N) is 2. The van der Waals surface area contributed by atoms with Crippen LogP contribution in [0.3, 0.4) is 0 Å². The second kappa shape index (κ2) is 12.0. The van der Waals surface area contributed by atoms with Gasteiger partial charge < -0.3 is 29.3 Å². The lowest BCUT2D eigenvalue weighted by molar-refractivity contribution is 0.0168. The second-order valence-electron chi connectivity index (χ2n) is 7.17. The van der Waals surface area contributed by atoms with E-state index in [0.717, 1.165) is 89.9 Å². The van der Waals surface area contributed by atoms with Crippen LogP contribution in [0.2, 0.25) is 0 Å². The molecule has 2 unspecified atom stereocenters. The molecular formula is C20H33N3O4. The molecule has 1 aromatic heterocycles. The van der Waals surface area contributed by atoms with Crippen molar-refractivity contribution in [1.82, 2.24) is 10.6 Å². The van der Waals surface area contributed by atoms with E-state index in [9.17, 15) is 0 Å². The number of ether oxygens (including phenoxy) is 3. The predicted octanol–water partition coefficient (Wildman–Crippen LogP) is 1.98. The highest BCUT2D eigenvalue weighted by molar-refractivity contribution is 5.79. The molecule has 3 rings (SSSR count). The summed E-state index contributed by atoms with van der Waals surface area (Å²) < 4.78 is 22.1. The van der Waals surface area contributed by atoms with Crippen molar-refractivity contribution in [2.45, 2.75) is 38.2 Å². The third-order valence-electron chi connectivity index (χ3n) is 4.86. The SMILES string of the molecule is c1coc(CCNC(=NCC2CCOC2)NCCCOCC2CCCO2)c1. The first-order chi connectivity index (χ1) is 13.4. The van der Waals surface area contributed by atoms with Crippen molar-refractivity contribution in [2.24, 2.45) is 10.9 Å². The van der Waals surface area contributed by atoms with E-state index >= 15 is 0 Å². The minimum Gasteiger partial charge on any atom is -0.469 e. The van der Waals surface area contributed by atoms with E-state index in [-0.39, 0.29) is 0 Å². The Balaban J connectivity index is 1.32. The van der Waals surface area contributed by atoms with Crippen molar-refractivity contribution in [3.63, 3.8) is 0 Å². The zero-order valence-electron chi connectivity index (χ0n) is 16.2. The van der Waals surface area contributed by atoms with Crippen LogP contribution in [0.25, 0.3) is 0 Å². The fourth-order valence-electron chi connectivity index (χ4n) is 3.25. The summed E-state index contributed by atoms with van der Waals surface area (Å²) in [5.41, 5.74) is 0. The molecular weight excluding hydrogens is 346 g/mol. The molecule has 0 aromatic carbocycles. The maximum Gasteiger partial charge on any atom is 0.191 e. The van der Waals surface area contributed by atoms with Gasteiger partial charge in [0.15, 0.2) is 5.96 Å². The van der Waals surface area contributed by atoms with Crippen LogP contribution in [0.15, 0.2) is 27.8 Å². The van der Waals surface area contributed by atoms with Gasteiger partial charge in [-0.3, -0.25) is 4.99 Å². The summed E-state index contributed by atoms with van der Waals surface area (Å²) >= 11 is 0. The Kier molecular flexibility index (Phi) is 8.97. The Morgan fingerprint density at radius 2 is 2.19 bits per heavy atom. The van der Waals surface area contributed by atoms with Crippen molar-refractivity contribution in [2.75, 3.05) is 52.7 Å². The molecule has 152 valence electrons. The van der Waals surface area contributed by atoms with Crippen molar-refractivity contribution in [3.8, 4) is 0 Å². The standard InChI is InChI=1S/C20H33N3O4/c1-4-18(26-11-1)6-9-22-20(23-14-17-7-13-25-15-17)21-8-3-10-24-16-19-5-2-12-27-19/h1,4,11,17,19H,2-3,5-10,12-16H2,(H2,21,22,23). The van der Waals surface area contributed by atoms with Gasteiger partial charge in [-0.25, -0.2) is 0 Å². The Morgan fingerprint density at radius 3 is 2.96 bits per heavy atom. The monoisotopic (exact) mass is 379 g/mol. The quantitative estimate of drug-likeness (QED) is 0.348. The molecule has 0 saturated carbocycles. The van der Waals surface area contributed by atoms with Crippen molar-refractivity contribution < 1.29 is 18.6 Å². The van der Waals surface area contributed by atoms with E-state index in [1.807, 2.05) is 12.1 Å². The van der Waals surface area contributed by atoms with Crippen molar-refractivity contribution >= 4 is 5.96 Å². The van der Waals surface area contributed by atoms with Gasteiger partial charge in [0, 0.05) is 51.8 Å². The van der Waals surface area contributed by atoms with Gasteiger partial charge in [0.2, 0.25) is 0 Å². The van der Waals surface area contributed by atoms with E-state index in [1.165, 1.54) is 0 Å².